The molecule has 2 atom stereocenters. The molecule has 3 rings (SSSR count). The molecule has 0 saturated heterocycles. The third-order valence-corrected chi connectivity index (χ3v) is 4.03. The van der Waals surface area contributed by atoms with E-state index in [0.29, 0.717) is 0 Å². The first kappa shape index (κ1) is 16.2. The van der Waals surface area contributed by atoms with Crippen LogP contribution in [-0.4, -0.2) is 25.1 Å². The first-order valence-corrected chi connectivity index (χ1v) is 7.86. The van der Waals surface area contributed by atoms with Crippen LogP contribution in [-0.2, 0) is 19.1 Å². The highest BCUT2D eigenvalue weighted by atomic mass is 16.5. The van der Waals surface area contributed by atoms with E-state index in [4.69, 9.17) is 4.74 Å². The summed E-state index contributed by atoms with van der Waals surface area (Å²) in [6.07, 6.45) is -0.687. The molecule has 1 heterocycles. The lowest BCUT2D eigenvalue weighted by Gasteiger charge is -2.21. The van der Waals surface area contributed by atoms with Crippen molar-refractivity contribution in [3.8, 4) is 0 Å². The highest BCUT2D eigenvalue weighted by molar-refractivity contribution is 5.96. The van der Waals surface area contributed by atoms with E-state index in [1.54, 1.807) is 0 Å². The van der Waals surface area contributed by atoms with Crippen molar-refractivity contribution < 1.29 is 19.1 Å². The van der Waals surface area contributed by atoms with E-state index < -0.39 is 6.10 Å². The molecule has 0 aliphatic carbocycles. The molecule has 0 fully saturated rings. The molecule has 1 amide bonds. The predicted octanol–water partition coefficient (Wildman–Crippen LogP) is 3.07. The molecule has 2 unspecified atom stereocenters. The summed E-state index contributed by atoms with van der Waals surface area (Å²) in [5.41, 5.74) is 2.60. The zero-order chi connectivity index (χ0) is 16.9. The quantitative estimate of drug-likeness (QED) is 0.878. The normalized spacial score (nSPS) is 19.8. The molecule has 1 aliphatic rings. The first-order valence-electron chi connectivity index (χ1n) is 7.86. The topological polar surface area (TPSA) is 64.6 Å². The van der Waals surface area contributed by atoms with Crippen LogP contribution >= 0.6 is 0 Å². The van der Waals surface area contributed by atoms with Crippen molar-refractivity contribution in [1.82, 2.24) is 0 Å². The smallest absolute Gasteiger partial charge is 0.305 e. The summed E-state index contributed by atoms with van der Waals surface area (Å²) >= 11 is 0. The lowest BCUT2D eigenvalue weighted by atomic mass is 10.00. The Bertz CT molecular complexity index is 729. The number of anilines is 1. The van der Waals surface area contributed by atoms with Crippen molar-refractivity contribution in [2.75, 3.05) is 12.4 Å². The van der Waals surface area contributed by atoms with Crippen LogP contribution in [0.15, 0.2) is 54.6 Å². The zero-order valence-electron chi connectivity index (χ0n) is 13.4. The molecule has 1 aliphatic heterocycles. The number of methoxy groups -OCH3 is 1. The highest BCUT2D eigenvalue weighted by Gasteiger charge is 2.31. The Balaban J connectivity index is 1.92. The molecule has 0 radical (unpaired) electrons. The van der Waals surface area contributed by atoms with Gasteiger partial charge in [0.05, 0.1) is 7.11 Å². The van der Waals surface area contributed by atoms with Gasteiger partial charge in [0.25, 0.3) is 5.91 Å². The maximum atomic E-state index is 12.5. The minimum absolute atomic E-state index is 0.131. The average molecular weight is 325 g/mol. The summed E-state index contributed by atoms with van der Waals surface area (Å²) in [5.74, 6) is -0.603. The van der Waals surface area contributed by atoms with E-state index >= 15 is 0 Å². The van der Waals surface area contributed by atoms with Crippen LogP contribution < -0.4 is 5.32 Å². The maximum Gasteiger partial charge on any atom is 0.305 e. The van der Waals surface area contributed by atoms with Crippen LogP contribution in [0, 0.1) is 0 Å². The highest BCUT2D eigenvalue weighted by Crippen LogP contribution is 2.35. The molecule has 0 saturated carbocycles. The van der Waals surface area contributed by atoms with Crippen molar-refractivity contribution in [1.29, 1.82) is 0 Å². The summed E-state index contributed by atoms with van der Waals surface area (Å²) < 4.78 is 10.8. The molecule has 5 nitrogen and oxygen atoms in total. The molecule has 0 spiro atoms. The fraction of sp³-hybridized carbons (Fsp3) is 0.263. The molecule has 124 valence electrons. The van der Waals surface area contributed by atoms with Crippen LogP contribution in [0.2, 0.25) is 0 Å². The van der Waals surface area contributed by atoms with Crippen molar-refractivity contribution in [2.24, 2.45) is 0 Å². The zero-order valence-corrected chi connectivity index (χ0v) is 13.4. The number of esters is 1. The van der Waals surface area contributed by atoms with Gasteiger partial charge in [0.1, 0.15) is 12.2 Å². The number of benzene rings is 2. The van der Waals surface area contributed by atoms with E-state index in [9.17, 15) is 9.59 Å². The number of para-hydroxylation sites is 1. The fourth-order valence-electron chi connectivity index (χ4n) is 2.79. The number of amides is 1. The van der Waals surface area contributed by atoms with Gasteiger partial charge in [-0.3, -0.25) is 9.59 Å². The number of ether oxygens (including phenoxy) is 2. The summed E-state index contributed by atoms with van der Waals surface area (Å²) in [6.45, 7) is 0. The minimum Gasteiger partial charge on any atom is -0.469 e. The van der Waals surface area contributed by atoms with Gasteiger partial charge in [0.15, 0.2) is 0 Å². The lowest BCUT2D eigenvalue weighted by molar-refractivity contribution is -0.142. The van der Waals surface area contributed by atoms with Gasteiger partial charge in [0, 0.05) is 17.7 Å². The average Bonchev–Trinajstić information content (AvgIpc) is 2.76. The number of carbonyl (C=O) groups is 2. The second kappa shape index (κ2) is 7.27. The Morgan fingerprint density at radius 2 is 1.83 bits per heavy atom. The van der Waals surface area contributed by atoms with E-state index in [2.05, 4.69) is 10.1 Å². The summed E-state index contributed by atoms with van der Waals surface area (Å²) in [6, 6.07) is 17.3. The number of hydrogen-bond donors (Lipinski definition) is 1. The third kappa shape index (κ3) is 3.46. The van der Waals surface area contributed by atoms with Gasteiger partial charge in [-0.2, -0.15) is 0 Å². The second-order valence-electron chi connectivity index (χ2n) is 5.61. The molecule has 0 bridgehead atoms. The number of fused-ring (bicyclic) bond motifs is 1. The fourth-order valence-corrected chi connectivity index (χ4v) is 2.79. The molecule has 1 N–H and O–H groups in total. The Kier molecular flexibility index (Phi) is 4.91. The Morgan fingerprint density at radius 1 is 1.12 bits per heavy atom. The minimum atomic E-state index is -0.721. The lowest BCUT2D eigenvalue weighted by Crippen LogP contribution is -2.30. The second-order valence-corrected chi connectivity index (χ2v) is 5.61. The van der Waals surface area contributed by atoms with Gasteiger partial charge < -0.3 is 14.8 Å². The molecule has 2 aromatic rings. The van der Waals surface area contributed by atoms with Gasteiger partial charge in [-0.25, -0.2) is 0 Å². The molecule has 5 heteroatoms. The molecular weight excluding hydrogens is 306 g/mol. The number of carbonyl (C=O) groups excluding carboxylic acids is 2. The number of hydrogen-bond acceptors (Lipinski definition) is 4. The maximum absolute atomic E-state index is 12.5. The van der Waals surface area contributed by atoms with E-state index in [1.807, 2.05) is 54.6 Å². The summed E-state index contributed by atoms with van der Waals surface area (Å²) in [7, 11) is 1.33. The monoisotopic (exact) mass is 325 g/mol. The van der Waals surface area contributed by atoms with E-state index in [0.717, 1.165) is 16.8 Å². The Morgan fingerprint density at radius 3 is 2.58 bits per heavy atom. The molecule has 24 heavy (non-hydrogen) atoms. The van der Waals surface area contributed by atoms with Crippen molar-refractivity contribution >= 4 is 17.6 Å². The first-order chi connectivity index (χ1) is 11.7. The molecule has 0 aromatic heterocycles. The van der Waals surface area contributed by atoms with Crippen LogP contribution in [0.1, 0.15) is 30.1 Å². The summed E-state index contributed by atoms with van der Waals surface area (Å²) in [5, 5.41) is 2.90. The van der Waals surface area contributed by atoms with Gasteiger partial charge >= 0.3 is 5.97 Å². The predicted molar refractivity (Wildman–Crippen MR) is 89.5 cm³/mol. The van der Waals surface area contributed by atoms with Crippen LogP contribution in [0.4, 0.5) is 5.69 Å². The number of nitrogens with one attached hydrogen (secondary N) is 1. The van der Waals surface area contributed by atoms with Crippen molar-refractivity contribution in [2.45, 2.75) is 25.0 Å². The third-order valence-electron chi connectivity index (χ3n) is 4.03. The van der Waals surface area contributed by atoms with Gasteiger partial charge in [-0.15, -0.1) is 0 Å². The summed E-state index contributed by atoms with van der Waals surface area (Å²) in [4.78, 5) is 23.9. The number of rotatable bonds is 4. The molecular formula is C19H19NO4. The van der Waals surface area contributed by atoms with E-state index in [-0.39, 0.29) is 30.8 Å². The van der Waals surface area contributed by atoms with Crippen LogP contribution in [0.5, 0.6) is 0 Å². The van der Waals surface area contributed by atoms with Crippen LogP contribution in [0.25, 0.3) is 0 Å². The Hall–Kier alpha value is -2.66. The largest absolute Gasteiger partial charge is 0.469 e. The van der Waals surface area contributed by atoms with E-state index in [1.165, 1.54) is 7.11 Å². The SMILES string of the molecule is COC(=O)CCC1OC(c2ccccc2)c2ccccc2NC1=O. The van der Waals surface area contributed by atoms with Crippen LogP contribution in [0.3, 0.4) is 0 Å². The standard InChI is InChI=1S/C19H19NO4/c1-23-17(21)12-11-16-19(22)20-15-10-6-5-9-14(15)18(24-16)13-7-3-2-4-8-13/h2-10,16,18H,11-12H2,1H3,(H,20,22). The van der Waals surface area contributed by atoms with Crippen molar-refractivity contribution in [3.05, 3.63) is 65.7 Å². The van der Waals surface area contributed by atoms with Crippen molar-refractivity contribution in [3.63, 3.8) is 0 Å². The Labute approximate surface area is 140 Å². The van der Waals surface area contributed by atoms with Gasteiger partial charge in [0.2, 0.25) is 0 Å². The van der Waals surface area contributed by atoms with Gasteiger partial charge in [-0.1, -0.05) is 48.5 Å². The molecule has 2 aromatic carbocycles. The van der Waals surface area contributed by atoms with Gasteiger partial charge in [-0.05, 0) is 18.1 Å².